The number of nitrogens with zero attached hydrogens (tertiary/aromatic N) is 4. The standard InChI is InChI=1S/C17H26N4O3S/c1-2-24-16(23)14-5-3-4-7-21(14)15(22)13-19-8-10-20(11-9-19)17-18-6-12-25-17/h6,12,14H,2-5,7-11,13H2,1H3. The fraction of sp³-hybridized carbons (Fsp3) is 0.706. The molecule has 1 aromatic rings. The Morgan fingerprint density at radius 1 is 1.24 bits per heavy atom. The maximum absolute atomic E-state index is 12.7. The molecule has 138 valence electrons. The van der Waals surface area contributed by atoms with E-state index in [1.807, 2.05) is 11.6 Å². The van der Waals surface area contributed by atoms with Crippen molar-refractivity contribution < 1.29 is 14.3 Å². The molecule has 1 aromatic heterocycles. The summed E-state index contributed by atoms with van der Waals surface area (Å²) in [6.07, 6.45) is 4.46. The molecule has 3 heterocycles. The van der Waals surface area contributed by atoms with Crippen LogP contribution < -0.4 is 4.90 Å². The lowest BCUT2D eigenvalue weighted by molar-refractivity contribution is -0.157. The smallest absolute Gasteiger partial charge is 0.328 e. The number of rotatable bonds is 5. The summed E-state index contributed by atoms with van der Waals surface area (Å²) in [4.78, 5) is 35.4. The first kappa shape index (κ1) is 18.1. The zero-order valence-corrected chi connectivity index (χ0v) is 15.5. The molecule has 1 atom stereocenters. The number of carbonyl (C=O) groups is 2. The molecule has 7 nitrogen and oxygen atoms in total. The van der Waals surface area contributed by atoms with Crippen LogP contribution in [-0.2, 0) is 14.3 Å². The zero-order chi connectivity index (χ0) is 17.6. The lowest BCUT2D eigenvalue weighted by Crippen LogP contribution is -2.54. The summed E-state index contributed by atoms with van der Waals surface area (Å²) in [5.41, 5.74) is 0. The SMILES string of the molecule is CCOC(=O)C1CCCCN1C(=O)CN1CCN(c2nccs2)CC1. The van der Waals surface area contributed by atoms with Gasteiger partial charge in [-0.1, -0.05) is 0 Å². The summed E-state index contributed by atoms with van der Waals surface area (Å²) in [6, 6.07) is -0.405. The molecular weight excluding hydrogens is 340 g/mol. The maximum Gasteiger partial charge on any atom is 0.328 e. The molecule has 0 N–H and O–H groups in total. The van der Waals surface area contributed by atoms with E-state index in [0.29, 0.717) is 26.1 Å². The Hall–Kier alpha value is -1.67. The molecule has 1 amide bonds. The predicted octanol–water partition coefficient (Wildman–Crippen LogP) is 1.21. The van der Waals surface area contributed by atoms with Gasteiger partial charge in [0.25, 0.3) is 0 Å². The number of likely N-dealkylation sites (tertiary alicyclic amines) is 1. The minimum Gasteiger partial charge on any atom is -0.464 e. The van der Waals surface area contributed by atoms with Crippen LogP contribution in [0.2, 0.25) is 0 Å². The summed E-state index contributed by atoms with van der Waals surface area (Å²) in [5.74, 6) is -0.218. The van der Waals surface area contributed by atoms with E-state index in [1.54, 1.807) is 23.2 Å². The highest BCUT2D eigenvalue weighted by Gasteiger charge is 2.34. The quantitative estimate of drug-likeness (QED) is 0.730. The third-order valence-corrected chi connectivity index (χ3v) is 5.64. The lowest BCUT2D eigenvalue weighted by Gasteiger charge is -2.38. The molecular formula is C17H26N4O3S. The van der Waals surface area contributed by atoms with Crippen LogP contribution in [0.4, 0.5) is 5.13 Å². The minimum atomic E-state index is -0.405. The van der Waals surface area contributed by atoms with Gasteiger partial charge in [0.05, 0.1) is 13.2 Å². The third kappa shape index (κ3) is 4.49. The van der Waals surface area contributed by atoms with Gasteiger partial charge in [-0.25, -0.2) is 9.78 Å². The van der Waals surface area contributed by atoms with E-state index in [9.17, 15) is 9.59 Å². The molecule has 3 rings (SSSR count). The van der Waals surface area contributed by atoms with Crippen LogP contribution >= 0.6 is 11.3 Å². The van der Waals surface area contributed by atoms with Gasteiger partial charge < -0.3 is 14.5 Å². The lowest BCUT2D eigenvalue weighted by atomic mass is 10.0. The number of piperazine rings is 1. The Morgan fingerprint density at radius 2 is 2.04 bits per heavy atom. The fourth-order valence-corrected chi connectivity index (χ4v) is 4.16. The molecule has 8 heteroatoms. The van der Waals surface area contributed by atoms with E-state index in [2.05, 4.69) is 14.8 Å². The molecule has 0 aliphatic carbocycles. The van der Waals surface area contributed by atoms with Gasteiger partial charge in [0.1, 0.15) is 6.04 Å². The summed E-state index contributed by atoms with van der Waals surface area (Å²) in [7, 11) is 0. The van der Waals surface area contributed by atoms with Gasteiger partial charge in [0.2, 0.25) is 5.91 Å². The number of esters is 1. The molecule has 2 saturated heterocycles. The van der Waals surface area contributed by atoms with Gasteiger partial charge in [-0.15, -0.1) is 11.3 Å². The average Bonchev–Trinajstić information content (AvgIpc) is 3.17. The summed E-state index contributed by atoms with van der Waals surface area (Å²) in [6.45, 7) is 6.62. The van der Waals surface area contributed by atoms with Crippen LogP contribution in [0.1, 0.15) is 26.2 Å². The van der Waals surface area contributed by atoms with Crippen molar-refractivity contribution in [2.24, 2.45) is 0 Å². The molecule has 0 saturated carbocycles. The fourth-order valence-electron chi connectivity index (χ4n) is 3.47. The average molecular weight is 366 g/mol. The summed E-state index contributed by atoms with van der Waals surface area (Å²) >= 11 is 1.65. The van der Waals surface area contributed by atoms with E-state index in [4.69, 9.17) is 4.74 Å². The monoisotopic (exact) mass is 366 g/mol. The summed E-state index contributed by atoms with van der Waals surface area (Å²) < 4.78 is 5.15. The first-order valence-electron chi connectivity index (χ1n) is 9.02. The second kappa shape index (κ2) is 8.62. The van der Waals surface area contributed by atoms with Crippen LogP contribution in [0.3, 0.4) is 0 Å². The van der Waals surface area contributed by atoms with Crippen LogP contribution in [-0.4, -0.2) is 78.6 Å². The number of hydrogen-bond acceptors (Lipinski definition) is 7. The molecule has 1 unspecified atom stereocenters. The molecule has 0 bridgehead atoms. The first-order chi connectivity index (χ1) is 12.2. The van der Waals surface area contributed by atoms with Crippen molar-refractivity contribution in [1.29, 1.82) is 0 Å². The van der Waals surface area contributed by atoms with Crippen molar-refractivity contribution in [3.05, 3.63) is 11.6 Å². The number of thiazole rings is 1. The van der Waals surface area contributed by atoms with Crippen LogP contribution in [0, 0.1) is 0 Å². The van der Waals surface area contributed by atoms with E-state index in [-0.39, 0.29) is 11.9 Å². The number of anilines is 1. The Bertz CT molecular complexity index is 572. The maximum atomic E-state index is 12.7. The van der Waals surface area contributed by atoms with Gasteiger partial charge in [0, 0.05) is 44.3 Å². The molecule has 0 radical (unpaired) electrons. The number of amides is 1. The van der Waals surface area contributed by atoms with Gasteiger partial charge in [-0.3, -0.25) is 9.69 Å². The molecule has 25 heavy (non-hydrogen) atoms. The molecule has 0 spiro atoms. The van der Waals surface area contributed by atoms with Crippen molar-refractivity contribution in [3.8, 4) is 0 Å². The Morgan fingerprint density at radius 3 is 2.72 bits per heavy atom. The Labute approximate surface area is 152 Å². The van der Waals surface area contributed by atoms with Crippen LogP contribution in [0.15, 0.2) is 11.6 Å². The van der Waals surface area contributed by atoms with E-state index in [0.717, 1.165) is 44.2 Å². The van der Waals surface area contributed by atoms with Crippen LogP contribution in [0.5, 0.6) is 0 Å². The van der Waals surface area contributed by atoms with E-state index < -0.39 is 6.04 Å². The van der Waals surface area contributed by atoms with Crippen molar-refractivity contribution >= 4 is 28.3 Å². The number of carbonyl (C=O) groups excluding carboxylic acids is 2. The highest BCUT2D eigenvalue weighted by atomic mass is 32.1. The minimum absolute atomic E-state index is 0.0421. The van der Waals surface area contributed by atoms with Gasteiger partial charge in [-0.2, -0.15) is 0 Å². The molecule has 0 aromatic carbocycles. The van der Waals surface area contributed by atoms with Crippen molar-refractivity contribution in [3.63, 3.8) is 0 Å². The third-order valence-electron chi connectivity index (χ3n) is 4.80. The molecule has 2 fully saturated rings. The van der Waals surface area contributed by atoms with Gasteiger partial charge in [0.15, 0.2) is 5.13 Å². The zero-order valence-electron chi connectivity index (χ0n) is 14.7. The van der Waals surface area contributed by atoms with Crippen molar-refractivity contribution in [2.75, 3.05) is 50.8 Å². The number of ether oxygens (including phenoxy) is 1. The summed E-state index contributed by atoms with van der Waals surface area (Å²) in [5, 5.41) is 3.03. The number of piperidine rings is 1. The number of hydrogen-bond donors (Lipinski definition) is 0. The van der Waals surface area contributed by atoms with Crippen molar-refractivity contribution in [1.82, 2.24) is 14.8 Å². The van der Waals surface area contributed by atoms with Gasteiger partial charge >= 0.3 is 5.97 Å². The largest absolute Gasteiger partial charge is 0.464 e. The Balaban J connectivity index is 1.52. The van der Waals surface area contributed by atoms with Crippen LogP contribution in [0.25, 0.3) is 0 Å². The highest BCUT2D eigenvalue weighted by molar-refractivity contribution is 7.13. The molecule has 2 aliphatic rings. The predicted molar refractivity (Wildman–Crippen MR) is 96.8 cm³/mol. The van der Waals surface area contributed by atoms with Gasteiger partial charge in [-0.05, 0) is 26.2 Å². The normalized spacial score (nSPS) is 22.0. The second-order valence-corrected chi connectivity index (χ2v) is 7.30. The first-order valence-corrected chi connectivity index (χ1v) is 9.90. The second-order valence-electron chi connectivity index (χ2n) is 6.43. The number of aromatic nitrogens is 1. The van der Waals surface area contributed by atoms with E-state index >= 15 is 0 Å². The highest BCUT2D eigenvalue weighted by Crippen LogP contribution is 2.21. The van der Waals surface area contributed by atoms with E-state index in [1.165, 1.54) is 0 Å². The molecule has 2 aliphatic heterocycles. The van der Waals surface area contributed by atoms with Crippen molar-refractivity contribution in [2.45, 2.75) is 32.2 Å². The topological polar surface area (TPSA) is 66.0 Å². The Kier molecular flexibility index (Phi) is 6.25.